The minimum atomic E-state index is -4.82. The lowest BCUT2D eigenvalue weighted by atomic mass is 9.85. The van der Waals surface area contributed by atoms with Crippen LogP contribution in [0.25, 0.3) is 0 Å². The third-order valence-electron chi connectivity index (χ3n) is 6.88. The van der Waals surface area contributed by atoms with Gasteiger partial charge < -0.3 is 14.9 Å². The Hall–Kier alpha value is -1.52. The second-order valence-electron chi connectivity index (χ2n) is 9.17. The molecule has 3 heterocycles. The maximum absolute atomic E-state index is 14.5. The van der Waals surface area contributed by atoms with Crippen LogP contribution in [0.4, 0.5) is 13.2 Å². The molecule has 0 saturated carbocycles. The number of nitrogens with zero attached hydrogens (tertiary/aromatic N) is 1. The second kappa shape index (κ2) is 9.98. The van der Waals surface area contributed by atoms with E-state index in [1.54, 1.807) is 0 Å². The summed E-state index contributed by atoms with van der Waals surface area (Å²) in [4.78, 5) is 19.5. The summed E-state index contributed by atoms with van der Waals surface area (Å²) in [5, 5.41) is 6.73. The van der Waals surface area contributed by atoms with Crippen molar-refractivity contribution >= 4 is 57.8 Å². The van der Waals surface area contributed by atoms with Gasteiger partial charge in [0.05, 0.1) is 31.2 Å². The lowest BCUT2D eigenvalue weighted by Crippen LogP contribution is -2.42. The summed E-state index contributed by atoms with van der Waals surface area (Å²) in [5.74, 6) is -0.200. The Morgan fingerprint density at radius 2 is 1.72 bits per heavy atom. The van der Waals surface area contributed by atoms with Crippen molar-refractivity contribution in [1.82, 2.24) is 5.32 Å². The summed E-state index contributed by atoms with van der Waals surface area (Å²) >= 11 is 19.3. The van der Waals surface area contributed by atoms with Crippen LogP contribution in [0.15, 0.2) is 17.3 Å². The molecule has 36 heavy (non-hydrogen) atoms. The third kappa shape index (κ3) is 4.62. The fourth-order valence-electron chi connectivity index (χ4n) is 4.96. The smallest absolute Gasteiger partial charge is 0.381 e. The van der Waals surface area contributed by atoms with Crippen LogP contribution in [-0.2, 0) is 28.0 Å². The summed E-state index contributed by atoms with van der Waals surface area (Å²) < 4.78 is 48.9. The van der Waals surface area contributed by atoms with Crippen molar-refractivity contribution in [2.75, 3.05) is 13.2 Å². The zero-order valence-corrected chi connectivity index (χ0v) is 22.0. The van der Waals surface area contributed by atoms with Crippen LogP contribution in [0.5, 0.6) is 0 Å². The molecule has 1 aromatic carbocycles. The first-order chi connectivity index (χ1) is 17.1. The molecule has 2 aromatic rings. The molecular weight excluding hydrogens is 560 g/mol. The number of hydrogen-bond acceptors (Lipinski definition) is 5. The normalized spacial score (nSPS) is 22.7. The number of benzene rings is 1. The lowest BCUT2D eigenvalue weighted by Gasteiger charge is -2.30. The van der Waals surface area contributed by atoms with Crippen molar-refractivity contribution in [3.63, 3.8) is 0 Å². The highest BCUT2D eigenvalue weighted by Gasteiger charge is 2.63. The van der Waals surface area contributed by atoms with Gasteiger partial charge in [-0.3, -0.25) is 4.79 Å². The summed E-state index contributed by atoms with van der Waals surface area (Å²) in [7, 11) is 0. The fraction of sp³-hybridized carbons (Fsp3) is 0.500. The number of nitrogens with one attached hydrogen (secondary N) is 1. The van der Waals surface area contributed by atoms with Crippen LogP contribution >= 0.6 is 46.1 Å². The minimum Gasteiger partial charge on any atom is -0.381 e. The number of alkyl halides is 3. The number of ether oxygens (including phenoxy) is 1. The molecular formula is C24H22Cl3F3N2O3S. The van der Waals surface area contributed by atoms with Gasteiger partial charge in [-0.2, -0.15) is 13.2 Å². The molecule has 1 atom stereocenters. The number of halogens is 6. The van der Waals surface area contributed by atoms with E-state index in [0.717, 1.165) is 48.9 Å². The zero-order chi connectivity index (χ0) is 25.7. The van der Waals surface area contributed by atoms with Crippen molar-refractivity contribution in [1.29, 1.82) is 0 Å². The van der Waals surface area contributed by atoms with Gasteiger partial charge in [-0.25, -0.2) is 0 Å². The Kier molecular flexibility index (Phi) is 7.24. The van der Waals surface area contributed by atoms with E-state index >= 15 is 0 Å². The van der Waals surface area contributed by atoms with Gasteiger partial charge in [0.25, 0.3) is 11.5 Å². The van der Waals surface area contributed by atoms with E-state index in [0.29, 0.717) is 35.8 Å². The Labute approximate surface area is 224 Å². The number of amides is 1. The molecule has 1 unspecified atom stereocenters. The predicted octanol–water partition coefficient (Wildman–Crippen LogP) is 7.08. The maximum Gasteiger partial charge on any atom is 0.435 e. The zero-order valence-electron chi connectivity index (χ0n) is 18.9. The van der Waals surface area contributed by atoms with Crippen LogP contribution in [-0.4, -0.2) is 37.1 Å². The average Bonchev–Trinajstić information content (AvgIpc) is 3.46. The molecule has 12 heteroatoms. The number of oxime groups is 1. The largest absolute Gasteiger partial charge is 0.435 e. The second-order valence-corrected chi connectivity index (χ2v) is 11.4. The third-order valence-corrected chi connectivity index (χ3v) is 9.40. The van der Waals surface area contributed by atoms with E-state index in [9.17, 15) is 18.0 Å². The summed E-state index contributed by atoms with van der Waals surface area (Å²) in [6.07, 6.45) is -0.763. The maximum atomic E-state index is 14.5. The molecule has 5 rings (SSSR count). The molecule has 2 aliphatic heterocycles. The van der Waals surface area contributed by atoms with E-state index in [-0.39, 0.29) is 38.3 Å². The lowest BCUT2D eigenvalue weighted by molar-refractivity contribution is -0.275. The van der Waals surface area contributed by atoms with Gasteiger partial charge in [-0.05, 0) is 61.8 Å². The van der Waals surface area contributed by atoms with Crippen LogP contribution < -0.4 is 5.32 Å². The van der Waals surface area contributed by atoms with Gasteiger partial charge in [-0.1, -0.05) is 40.0 Å². The number of fused-ring (bicyclic) bond motifs is 1. The van der Waals surface area contributed by atoms with Gasteiger partial charge in [0.2, 0.25) is 0 Å². The number of carbonyl (C=O) groups is 1. The van der Waals surface area contributed by atoms with Crippen molar-refractivity contribution in [2.45, 2.75) is 62.8 Å². The monoisotopic (exact) mass is 580 g/mol. The van der Waals surface area contributed by atoms with E-state index in [1.165, 1.54) is 11.3 Å². The summed E-state index contributed by atoms with van der Waals surface area (Å²) in [5.41, 5.74) is -1.11. The van der Waals surface area contributed by atoms with Crippen molar-refractivity contribution < 1.29 is 27.5 Å². The topological polar surface area (TPSA) is 59.9 Å². The van der Waals surface area contributed by atoms with E-state index in [4.69, 9.17) is 44.4 Å². The molecule has 1 aliphatic carbocycles. The molecule has 5 nitrogen and oxygen atoms in total. The molecule has 1 aromatic heterocycles. The summed E-state index contributed by atoms with van der Waals surface area (Å²) in [6, 6.07) is 2.23. The number of rotatable bonds is 4. The van der Waals surface area contributed by atoms with Crippen molar-refractivity contribution in [3.8, 4) is 0 Å². The van der Waals surface area contributed by atoms with Crippen molar-refractivity contribution in [2.24, 2.45) is 5.16 Å². The standard InChI is InChI=1S/C24H22Cl3F3N2O3S/c25-16-9-12(10-17(26)19(16)27)23(24(28,29)30)11-18(32-35-23)20-14-3-1-2-4-15(14)21(36-20)22(33)31-13-5-7-34-8-6-13/h9-10,13H,1-8,11H2,(H,31,33). The fourth-order valence-corrected chi connectivity index (χ4v) is 6.83. The number of carbonyl (C=O) groups excluding carboxylic acids is 1. The molecule has 0 bridgehead atoms. The number of hydrogen-bond donors (Lipinski definition) is 1. The first-order valence-corrected chi connectivity index (χ1v) is 13.6. The van der Waals surface area contributed by atoms with Gasteiger partial charge in [0.15, 0.2) is 0 Å². The Bertz CT molecular complexity index is 1200. The highest BCUT2D eigenvalue weighted by atomic mass is 35.5. The number of thiophene rings is 1. The quantitative estimate of drug-likeness (QED) is 0.393. The van der Waals surface area contributed by atoms with Crippen LogP contribution in [0.3, 0.4) is 0 Å². The molecule has 194 valence electrons. The van der Waals surface area contributed by atoms with Gasteiger partial charge in [0.1, 0.15) is 5.71 Å². The molecule has 0 spiro atoms. The van der Waals surface area contributed by atoms with E-state index in [2.05, 4.69) is 10.5 Å². The minimum absolute atomic E-state index is 0.0143. The van der Waals surface area contributed by atoms with Crippen molar-refractivity contribution in [3.05, 3.63) is 53.6 Å². The average molecular weight is 582 g/mol. The molecule has 1 N–H and O–H groups in total. The van der Waals surface area contributed by atoms with E-state index in [1.807, 2.05) is 0 Å². The molecule has 1 saturated heterocycles. The Morgan fingerprint density at radius 1 is 1.08 bits per heavy atom. The Morgan fingerprint density at radius 3 is 2.36 bits per heavy atom. The van der Waals surface area contributed by atoms with Crippen LogP contribution in [0.1, 0.15) is 63.3 Å². The first-order valence-electron chi connectivity index (χ1n) is 11.6. The first kappa shape index (κ1) is 26.1. The summed E-state index contributed by atoms with van der Waals surface area (Å²) in [6.45, 7) is 1.18. The van der Waals surface area contributed by atoms with Gasteiger partial charge >= 0.3 is 6.18 Å². The van der Waals surface area contributed by atoms with Crippen LogP contribution in [0, 0.1) is 0 Å². The van der Waals surface area contributed by atoms with Crippen LogP contribution in [0.2, 0.25) is 15.1 Å². The molecule has 3 aliphatic rings. The van der Waals surface area contributed by atoms with Gasteiger partial charge in [-0.15, -0.1) is 11.3 Å². The van der Waals surface area contributed by atoms with Gasteiger partial charge in [0, 0.05) is 24.8 Å². The molecule has 0 radical (unpaired) electrons. The Balaban J connectivity index is 1.49. The van der Waals surface area contributed by atoms with E-state index < -0.39 is 18.2 Å². The predicted molar refractivity (Wildman–Crippen MR) is 134 cm³/mol. The molecule has 1 amide bonds. The SMILES string of the molecule is O=C(NC1CCOCC1)c1sc(C2=NOC(c3cc(Cl)c(Cl)c(Cl)c3)(C(F)(F)F)C2)c2c1CCCC2. The molecule has 1 fully saturated rings. The highest BCUT2D eigenvalue weighted by Crippen LogP contribution is 2.51. The highest BCUT2D eigenvalue weighted by molar-refractivity contribution is 7.16.